The first kappa shape index (κ1) is 14.3. The molecule has 1 aromatic rings. The maximum atomic E-state index is 10.8. The van der Waals surface area contributed by atoms with E-state index in [9.17, 15) is 4.79 Å². The number of carbonyl (C=O) groups is 1. The predicted molar refractivity (Wildman–Crippen MR) is 73.1 cm³/mol. The molecule has 6 heteroatoms. The standard InChI is InChI=1S/C14H18N4O2/c1-10(7-13(19)20)11-3-2-6-18(9-11)14-16-5-4-12(8-15)17-14/h4-5,10-11H,2-3,6-7,9H2,1H3,(H,19,20). The third kappa shape index (κ3) is 3.44. The van der Waals surface area contributed by atoms with Crippen LogP contribution in [-0.2, 0) is 4.79 Å². The molecular weight excluding hydrogens is 256 g/mol. The molecule has 1 N–H and O–H groups in total. The Morgan fingerprint density at radius 1 is 1.70 bits per heavy atom. The molecule has 6 nitrogen and oxygen atoms in total. The number of carboxylic acid groups (broad SMARTS) is 1. The number of nitrogens with zero attached hydrogens (tertiary/aromatic N) is 4. The van der Waals surface area contributed by atoms with Crippen LogP contribution in [0, 0.1) is 23.2 Å². The number of anilines is 1. The highest BCUT2D eigenvalue weighted by molar-refractivity contribution is 5.67. The van der Waals surface area contributed by atoms with E-state index in [1.807, 2.05) is 17.9 Å². The van der Waals surface area contributed by atoms with Gasteiger partial charge in [-0.1, -0.05) is 6.92 Å². The van der Waals surface area contributed by atoms with Crippen LogP contribution in [0.3, 0.4) is 0 Å². The van der Waals surface area contributed by atoms with Gasteiger partial charge in [0.25, 0.3) is 0 Å². The fourth-order valence-corrected chi connectivity index (χ4v) is 2.66. The van der Waals surface area contributed by atoms with Gasteiger partial charge in [0.2, 0.25) is 5.95 Å². The molecule has 0 radical (unpaired) electrons. The molecule has 1 aliphatic heterocycles. The van der Waals surface area contributed by atoms with Crippen LogP contribution in [0.5, 0.6) is 0 Å². The monoisotopic (exact) mass is 274 g/mol. The SMILES string of the molecule is CC(CC(=O)O)C1CCCN(c2nccc(C#N)n2)C1. The van der Waals surface area contributed by atoms with Gasteiger partial charge in [-0.05, 0) is 30.7 Å². The Bertz CT molecular complexity index is 526. The van der Waals surface area contributed by atoms with Crippen molar-refractivity contribution in [1.82, 2.24) is 9.97 Å². The summed E-state index contributed by atoms with van der Waals surface area (Å²) >= 11 is 0. The summed E-state index contributed by atoms with van der Waals surface area (Å²) in [6, 6.07) is 3.59. The number of rotatable bonds is 4. The van der Waals surface area contributed by atoms with E-state index >= 15 is 0 Å². The van der Waals surface area contributed by atoms with Gasteiger partial charge in [-0.25, -0.2) is 9.97 Å². The Balaban J connectivity index is 2.06. The summed E-state index contributed by atoms with van der Waals surface area (Å²) in [6.45, 7) is 3.59. The van der Waals surface area contributed by atoms with Gasteiger partial charge in [-0.3, -0.25) is 4.79 Å². The highest BCUT2D eigenvalue weighted by Gasteiger charge is 2.27. The lowest BCUT2D eigenvalue weighted by atomic mass is 9.85. The van der Waals surface area contributed by atoms with E-state index in [-0.39, 0.29) is 12.3 Å². The molecule has 2 unspecified atom stereocenters. The molecule has 0 aromatic carbocycles. The molecule has 20 heavy (non-hydrogen) atoms. The lowest BCUT2D eigenvalue weighted by Crippen LogP contribution is -2.39. The fraction of sp³-hybridized carbons (Fsp3) is 0.571. The number of aromatic nitrogens is 2. The highest BCUT2D eigenvalue weighted by atomic mass is 16.4. The number of piperidine rings is 1. The molecule has 0 saturated carbocycles. The van der Waals surface area contributed by atoms with Crippen LogP contribution >= 0.6 is 0 Å². The van der Waals surface area contributed by atoms with Crippen molar-refractivity contribution < 1.29 is 9.90 Å². The average molecular weight is 274 g/mol. The Labute approximate surface area is 118 Å². The summed E-state index contributed by atoms with van der Waals surface area (Å²) in [5.41, 5.74) is 0.357. The zero-order valence-corrected chi connectivity index (χ0v) is 11.5. The summed E-state index contributed by atoms with van der Waals surface area (Å²) in [6.07, 6.45) is 3.81. The molecule has 1 fully saturated rings. The number of carboxylic acids is 1. The maximum Gasteiger partial charge on any atom is 0.303 e. The van der Waals surface area contributed by atoms with Gasteiger partial charge < -0.3 is 10.0 Å². The maximum absolute atomic E-state index is 10.8. The second-order valence-electron chi connectivity index (χ2n) is 5.28. The molecule has 1 saturated heterocycles. The van der Waals surface area contributed by atoms with E-state index < -0.39 is 5.97 Å². The summed E-state index contributed by atoms with van der Waals surface area (Å²) < 4.78 is 0. The minimum absolute atomic E-state index is 0.134. The minimum Gasteiger partial charge on any atom is -0.481 e. The number of hydrogen-bond acceptors (Lipinski definition) is 5. The molecule has 1 aliphatic rings. The van der Waals surface area contributed by atoms with Crippen LogP contribution in [0.25, 0.3) is 0 Å². The third-order valence-corrected chi connectivity index (χ3v) is 3.80. The Morgan fingerprint density at radius 2 is 2.50 bits per heavy atom. The van der Waals surface area contributed by atoms with Gasteiger partial charge in [0, 0.05) is 25.7 Å². The smallest absolute Gasteiger partial charge is 0.303 e. The largest absolute Gasteiger partial charge is 0.481 e. The van der Waals surface area contributed by atoms with Crippen molar-refractivity contribution >= 4 is 11.9 Å². The van der Waals surface area contributed by atoms with Crippen molar-refractivity contribution in [1.29, 1.82) is 5.26 Å². The van der Waals surface area contributed by atoms with E-state index in [0.717, 1.165) is 25.9 Å². The van der Waals surface area contributed by atoms with Crippen molar-refractivity contribution in [3.8, 4) is 6.07 Å². The van der Waals surface area contributed by atoms with Crippen LogP contribution < -0.4 is 4.90 Å². The second kappa shape index (κ2) is 6.33. The van der Waals surface area contributed by atoms with Gasteiger partial charge in [0.1, 0.15) is 11.8 Å². The van der Waals surface area contributed by atoms with Crippen molar-refractivity contribution in [2.45, 2.75) is 26.2 Å². The summed E-state index contributed by atoms with van der Waals surface area (Å²) in [7, 11) is 0. The summed E-state index contributed by atoms with van der Waals surface area (Å²) in [5.74, 6) is 0.275. The van der Waals surface area contributed by atoms with E-state index in [0.29, 0.717) is 17.6 Å². The van der Waals surface area contributed by atoms with Gasteiger partial charge in [0.05, 0.1) is 0 Å². The van der Waals surface area contributed by atoms with Gasteiger partial charge in [-0.15, -0.1) is 0 Å². The summed E-state index contributed by atoms with van der Waals surface area (Å²) in [5, 5.41) is 17.8. The van der Waals surface area contributed by atoms with E-state index in [1.165, 1.54) is 0 Å². The predicted octanol–water partition coefficient (Wildman–Crippen LogP) is 1.68. The zero-order valence-electron chi connectivity index (χ0n) is 11.5. The topological polar surface area (TPSA) is 90.1 Å². The van der Waals surface area contributed by atoms with Crippen LogP contribution in [-0.4, -0.2) is 34.1 Å². The lowest BCUT2D eigenvalue weighted by molar-refractivity contribution is -0.138. The molecule has 106 valence electrons. The molecule has 0 aliphatic carbocycles. The molecule has 2 atom stereocenters. The Morgan fingerprint density at radius 3 is 3.20 bits per heavy atom. The van der Waals surface area contributed by atoms with Crippen molar-refractivity contribution in [2.75, 3.05) is 18.0 Å². The molecule has 0 bridgehead atoms. The Hall–Kier alpha value is -2.16. The van der Waals surface area contributed by atoms with Gasteiger partial charge in [-0.2, -0.15) is 5.26 Å². The highest BCUT2D eigenvalue weighted by Crippen LogP contribution is 2.27. The minimum atomic E-state index is -0.752. The van der Waals surface area contributed by atoms with Crippen LogP contribution in [0.4, 0.5) is 5.95 Å². The van der Waals surface area contributed by atoms with Crippen molar-refractivity contribution in [3.05, 3.63) is 18.0 Å². The normalized spacial score (nSPS) is 20.2. The average Bonchev–Trinajstić information content (AvgIpc) is 2.47. The van der Waals surface area contributed by atoms with Crippen LogP contribution in [0.2, 0.25) is 0 Å². The van der Waals surface area contributed by atoms with Crippen molar-refractivity contribution in [3.63, 3.8) is 0 Å². The lowest BCUT2D eigenvalue weighted by Gasteiger charge is -2.35. The van der Waals surface area contributed by atoms with E-state index in [4.69, 9.17) is 10.4 Å². The molecule has 0 amide bonds. The summed E-state index contributed by atoms with van der Waals surface area (Å²) in [4.78, 5) is 21.3. The zero-order chi connectivity index (χ0) is 14.5. The first-order valence-electron chi connectivity index (χ1n) is 6.80. The van der Waals surface area contributed by atoms with Gasteiger partial charge in [0.15, 0.2) is 0 Å². The van der Waals surface area contributed by atoms with Crippen LogP contribution in [0.1, 0.15) is 31.9 Å². The first-order chi connectivity index (χ1) is 9.60. The van der Waals surface area contributed by atoms with Crippen LogP contribution in [0.15, 0.2) is 12.3 Å². The second-order valence-corrected chi connectivity index (χ2v) is 5.28. The fourth-order valence-electron chi connectivity index (χ4n) is 2.66. The van der Waals surface area contributed by atoms with E-state index in [2.05, 4.69) is 9.97 Å². The quantitative estimate of drug-likeness (QED) is 0.898. The number of nitriles is 1. The van der Waals surface area contributed by atoms with Gasteiger partial charge >= 0.3 is 5.97 Å². The third-order valence-electron chi connectivity index (χ3n) is 3.80. The molecular formula is C14H18N4O2. The van der Waals surface area contributed by atoms with E-state index in [1.54, 1.807) is 12.3 Å². The molecule has 0 spiro atoms. The molecule has 2 rings (SSSR count). The number of hydrogen-bond donors (Lipinski definition) is 1. The Kier molecular flexibility index (Phi) is 4.51. The molecule has 2 heterocycles. The molecule has 1 aromatic heterocycles. The number of aliphatic carboxylic acids is 1. The van der Waals surface area contributed by atoms with Crippen molar-refractivity contribution in [2.24, 2.45) is 11.8 Å². The first-order valence-corrected chi connectivity index (χ1v) is 6.80.